The van der Waals surface area contributed by atoms with E-state index in [-0.39, 0.29) is 5.91 Å². The molecule has 0 bridgehead atoms. The summed E-state index contributed by atoms with van der Waals surface area (Å²) >= 11 is 1.27. The Bertz CT molecular complexity index is 827. The molecule has 1 aromatic carbocycles. The third-order valence-corrected chi connectivity index (χ3v) is 4.17. The molecular weight excluding hydrogens is 326 g/mol. The number of aromatic nitrogens is 2. The van der Waals surface area contributed by atoms with Gasteiger partial charge in [0, 0.05) is 12.1 Å². The fourth-order valence-electron chi connectivity index (χ4n) is 2.13. The average molecular weight is 343 g/mol. The number of nitrogens with one attached hydrogen (secondary N) is 1. The van der Waals surface area contributed by atoms with Crippen LogP contribution >= 0.6 is 11.3 Å². The van der Waals surface area contributed by atoms with Crippen LogP contribution in [0, 0.1) is 13.8 Å². The third kappa shape index (κ3) is 3.99. The highest BCUT2D eigenvalue weighted by atomic mass is 32.1. The first kappa shape index (κ1) is 16.2. The minimum atomic E-state index is -0.238. The number of amides is 1. The molecule has 0 aliphatic rings. The Morgan fingerprint density at radius 2 is 2.17 bits per heavy atom. The van der Waals surface area contributed by atoms with Crippen molar-refractivity contribution in [2.24, 2.45) is 0 Å². The molecular formula is C17H17N3O3S. The Morgan fingerprint density at radius 3 is 2.88 bits per heavy atom. The lowest BCUT2D eigenvalue weighted by atomic mass is 10.1. The van der Waals surface area contributed by atoms with Gasteiger partial charge >= 0.3 is 0 Å². The molecule has 0 spiro atoms. The van der Waals surface area contributed by atoms with Crippen molar-refractivity contribution in [3.05, 3.63) is 63.5 Å². The van der Waals surface area contributed by atoms with Gasteiger partial charge in [0.05, 0.1) is 6.26 Å². The molecule has 0 unspecified atom stereocenters. The van der Waals surface area contributed by atoms with Gasteiger partial charge in [-0.3, -0.25) is 4.79 Å². The van der Waals surface area contributed by atoms with Gasteiger partial charge in [-0.15, -0.1) is 10.2 Å². The van der Waals surface area contributed by atoms with Crippen LogP contribution < -0.4 is 10.1 Å². The monoisotopic (exact) mass is 343 g/mol. The van der Waals surface area contributed by atoms with Gasteiger partial charge in [-0.05, 0) is 37.6 Å². The highest BCUT2D eigenvalue weighted by molar-refractivity contribution is 7.13. The number of benzene rings is 1. The van der Waals surface area contributed by atoms with Crippen LogP contribution in [0.1, 0.15) is 31.7 Å². The van der Waals surface area contributed by atoms with Gasteiger partial charge < -0.3 is 14.5 Å². The molecule has 0 fully saturated rings. The summed E-state index contributed by atoms with van der Waals surface area (Å²) in [5.41, 5.74) is 1.97. The maximum absolute atomic E-state index is 12.1. The number of ether oxygens (including phenoxy) is 1. The lowest BCUT2D eigenvalue weighted by Crippen LogP contribution is -2.23. The fraction of sp³-hybridized carbons (Fsp3) is 0.235. The molecule has 2 aromatic heterocycles. The second-order valence-electron chi connectivity index (χ2n) is 5.29. The summed E-state index contributed by atoms with van der Waals surface area (Å²) < 4.78 is 11.1. The summed E-state index contributed by atoms with van der Waals surface area (Å²) in [5, 5.41) is 11.7. The number of carbonyl (C=O) groups is 1. The molecule has 0 saturated carbocycles. The molecule has 1 N–H and O–H groups in total. The van der Waals surface area contributed by atoms with Crippen molar-refractivity contribution in [1.29, 1.82) is 0 Å². The number of carbonyl (C=O) groups excluding carboxylic acids is 1. The predicted molar refractivity (Wildman–Crippen MR) is 90.0 cm³/mol. The van der Waals surface area contributed by atoms with Crippen molar-refractivity contribution < 1.29 is 13.9 Å². The van der Waals surface area contributed by atoms with Crippen molar-refractivity contribution in [1.82, 2.24) is 15.5 Å². The Labute approximate surface area is 143 Å². The molecule has 3 rings (SSSR count). The van der Waals surface area contributed by atoms with Crippen LogP contribution in [0.5, 0.6) is 5.75 Å². The molecule has 1 amide bonds. The Morgan fingerprint density at radius 1 is 1.29 bits per heavy atom. The number of rotatable bonds is 6. The SMILES string of the molecule is Cc1ccc(CNC(=O)c2nnc(C)s2)c(OCc2ccco2)c1. The van der Waals surface area contributed by atoms with Gasteiger partial charge in [-0.1, -0.05) is 23.5 Å². The summed E-state index contributed by atoms with van der Waals surface area (Å²) in [6.07, 6.45) is 1.61. The second kappa shape index (κ2) is 7.27. The van der Waals surface area contributed by atoms with Crippen LogP contribution in [0.15, 0.2) is 41.0 Å². The van der Waals surface area contributed by atoms with E-state index in [9.17, 15) is 4.79 Å². The molecule has 6 nitrogen and oxygen atoms in total. The van der Waals surface area contributed by atoms with Crippen LogP contribution in [0.4, 0.5) is 0 Å². The lowest BCUT2D eigenvalue weighted by Gasteiger charge is -2.12. The van der Waals surface area contributed by atoms with Crippen molar-refractivity contribution >= 4 is 17.2 Å². The average Bonchev–Trinajstić information content (AvgIpc) is 3.23. The van der Waals surface area contributed by atoms with E-state index in [2.05, 4.69) is 15.5 Å². The van der Waals surface area contributed by atoms with Crippen molar-refractivity contribution in [3.63, 3.8) is 0 Å². The molecule has 0 atom stereocenters. The van der Waals surface area contributed by atoms with Crippen molar-refractivity contribution in [3.8, 4) is 5.75 Å². The Hall–Kier alpha value is -2.67. The van der Waals surface area contributed by atoms with Gasteiger partial charge in [0.2, 0.25) is 5.01 Å². The number of aryl methyl sites for hydroxylation is 2. The first-order valence-electron chi connectivity index (χ1n) is 7.45. The predicted octanol–water partition coefficient (Wildman–Crippen LogP) is 3.26. The first-order chi connectivity index (χ1) is 11.6. The third-order valence-electron chi connectivity index (χ3n) is 3.33. The summed E-state index contributed by atoms with van der Waals surface area (Å²) in [4.78, 5) is 12.1. The molecule has 7 heteroatoms. The lowest BCUT2D eigenvalue weighted by molar-refractivity contribution is 0.0949. The first-order valence-corrected chi connectivity index (χ1v) is 8.26. The van der Waals surface area contributed by atoms with E-state index in [4.69, 9.17) is 9.15 Å². The normalized spacial score (nSPS) is 10.6. The summed E-state index contributed by atoms with van der Waals surface area (Å²) in [6.45, 7) is 4.50. The van der Waals surface area contributed by atoms with E-state index < -0.39 is 0 Å². The van der Waals surface area contributed by atoms with Crippen molar-refractivity contribution in [2.75, 3.05) is 0 Å². The van der Waals surface area contributed by atoms with E-state index in [0.717, 1.165) is 27.6 Å². The number of hydrogen-bond acceptors (Lipinski definition) is 6. The molecule has 0 saturated heterocycles. The van der Waals surface area contributed by atoms with Gasteiger partial charge in [0.1, 0.15) is 23.1 Å². The Balaban J connectivity index is 1.67. The molecule has 2 heterocycles. The highest BCUT2D eigenvalue weighted by Gasteiger charge is 2.12. The maximum atomic E-state index is 12.1. The van der Waals surface area contributed by atoms with E-state index in [1.807, 2.05) is 44.2 Å². The van der Waals surface area contributed by atoms with Crippen LogP contribution in [0.2, 0.25) is 0 Å². The molecule has 0 aliphatic carbocycles. The van der Waals surface area contributed by atoms with Crippen LogP contribution in [-0.2, 0) is 13.2 Å². The summed E-state index contributed by atoms with van der Waals surface area (Å²) in [5.74, 6) is 1.23. The van der Waals surface area contributed by atoms with Crippen molar-refractivity contribution in [2.45, 2.75) is 27.0 Å². The molecule has 24 heavy (non-hydrogen) atoms. The van der Waals surface area contributed by atoms with Gasteiger partial charge in [-0.25, -0.2) is 0 Å². The van der Waals surface area contributed by atoms with Gasteiger partial charge in [0.25, 0.3) is 5.91 Å². The number of furan rings is 1. The minimum absolute atomic E-state index is 0.238. The number of hydrogen-bond donors (Lipinski definition) is 1. The summed E-state index contributed by atoms with van der Waals surface area (Å²) in [7, 11) is 0. The van der Waals surface area contributed by atoms with E-state index in [0.29, 0.717) is 18.2 Å². The van der Waals surface area contributed by atoms with E-state index in [1.165, 1.54) is 11.3 Å². The van der Waals surface area contributed by atoms with E-state index in [1.54, 1.807) is 6.26 Å². The zero-order valence-corrected chi connectivity index (χ0v) is 14.2. The maximum Gasteiger partial charge on any atom is 0.282 e. The zero-order chi connectivity index (χ0) is 16.9. The largest absolute Gasteiger partial charge is 0.485 e. The van der Waals surface area contributed by atoms with Crippen LogP contribution in [-0.4, -0.2) is 16.1 Å². The Kier molecular flexibility index (Phi) is 4.90. The molecule has 0 aliphatic heterocycles. The fourth-order valence-corrected chi connectivity index (χ4v) is 2.73. The highest BCUT2D eigenvalue weighted by Crippen LogP contribution is 2.22. The zero-order valence-electron chi connectivity index (χ0n) is 13.4. The summed E-state index contributed by atoms with van der Waals surface area (Å²) in [6, 6.07) is 9.55. The quantitative estimate of drug-likeness (QED) is 0.743. The van der Waals surface area contributed by atoms with Crippen LogP contribution in [0.25, 0.3) is 0 Å². The molecule has 124 valence electrons. The second-order valence-corrected chi connectivity index (χ2v) is 6.47. The van der Waals surface area contributed by atoms with Gasteiger partial charge in [-0.2, -0.15) is 0 Å². The molecule has 0 radical (unpaired) electrons. The smallest absolute Gasteiger partial charge is 0.282 e. The minimum Gasteiger partial charge on any atom is -0.485 e. The molecule has 3 aromatic rings. The van der Waals surface area contributed by atoms with Gasteiger partial charge in [0.15, 0.2) is 0 Å². The van der Waals surface area contributed by atoms with Crippen LogP contribution in [0.3, 0.4) is 0 Å². The standard InChI is InChI=1S/C17H17N3O3S/c1-11-5-6-13(9-18-16(21)17-20-19-12(2)24-17)15(8-11)23-10-14-4-3-7-22-14/h3-8H,9-10H2,1-2H3,(H,18,21). The van der Waals surface area contributed by atoms with E-state index >= 15 is 0 Å². The topological polar surface area (TPSA) is 77.2 Å². The number of nitrogens with zero attached hydrogens (tertiary/aromatic N) is 2.